The van der Waals surface area contributed by atoms with Gasteiger partial charge in [0.1, 0.15) is 11.6 Å². The number of ketones is 1. The topological polar surface area (TPSA) is 45.7 Å². The lowest BCUT2D eigenvalue weighted by Gasteiger charge is -2.34. The van der Waals surface area contributed by atoms with E-state index in [0.29, 0.717) is 23.4 Å². The van der Waals surface area contributed by atoms with E-state index in [2.05, 4.69) is 20.9 Å². The van der Waals surface area contributed by atoms with E-state index in [0.717, 1.165) is 25.3 Å². The van der Waals surface area contributed by atoms with Crippen LogP contribution >= 0.6 is 0 Å². The first kappa shape index (κ1) is 15.7. The van der Waals surface area contributed by atoms with Crippen LogP contribution in [0.2, 0.25) is 0 Å². The molecule has 0 spiro atoms. The normalized spacial score (nSPS) is 22.0. The zero-order chi connectivity index (χ0) is 17.2. The summed E-state index contributed by atoms with van der Waals surface area (Å²) in [5.41, 5.74) is 0.598. The number of ether oxygens (including phenoxy) is 1. The first-order chi connectivity index (χ1) is 12.3. The highest BCUT2D eigenvalue weighted by Crippen LogP contribution is 2.33. The summed E-state index contributed by atoms with van der Waals surface area (Å²) < 4.78 is 5.27. The summed E-state index contributed by atoms with van der Waals surface area (Å²) in [4.78, 5) is 21.6. The van der Waals surface area contributed by atoms with Crippen LogP contribution in [0.1, 0.15) is 16.8 Å². The lowest BCUT2D eigenvalue weighted by molar-refractivity contribution is 0.104. The van der Waals surface area contributed by atoms with Crippen LogP contribution in [0.15, 0.2) is 60.9 Å². The first-order valence-corrected chi connectivity index (χ1v) is 8.55. The van der Waals surface area contributed by atoms with Crippen molar-refractivity contribution < 1.29 is 9.53 Å². The highest BCUT2D eigenvalue weighted by atomic mass is 16.5. The zero-order valence-electron chi connectivity index (χ0n) is 14.2. The molecule has 0 unspecified atom stereocenters. The number of rotatable bonds is 5. The van der Waals surface area contributed by atoms with Crippen LogP contribution in [-0.4, -0.2) is 48.0 Å². The minimum atomic E-state index is -0.0261. The average Bonchev–Trinajstić information content (AvgIpc) is 3.27. The Morgan fingerprint density at radius 2 is 2.00 bits per heavy atom. The molecule has 1 aromatic heterocycles. The molecular weight excluding hydrogens is 314 g/mol. The van der Waals surface area contributed by atoms with Crippen LogP contribution < -0.4 is 9.64 Å². The van der Waals surface area contributed by atoms with Gasteiger partial charge in [0.15, 0.2) is 5.78 Å². The molecule has 0 saturated carbocycles. The van der Waals surface area contributed by atoms with E-state index in [1.54, 1.807) is 19.3 Å². The number of hydrogen-bond acceptors (Lipinski definition) is 5. The van der Waals surface area contributed by atoms with E-state index in [-0.39, 0.29) is 5.78 Å². The van der Waals surface area contributed by atoms with Crippen LogP contribution in [-0.2, 0) is 0 Å². The number of carbonyl (C=O) groups is 1. The summed E-state index contributed by atoms with van der Waals surface area (Å²) in [6, 6.07) is 14.3. The monoisotopic (exact) mass is 335 g/mol. The lowest BCUT2D eigenvalue weighted by atomic mass is 10.1. The van der Waals surface area contributed by atoms with E-state index in [4.69, 9.17) is 4.74 Å². The van der Waals surface area contributed by atoms with Gasteiger partial charge in [-0.1, -0.05) is 18.2 Å². The summed E-state index contributed by atoms with van der Waals surface area (Å²) in [6.07, 6.45) is 6.55. The Balaban J connectivity index is 1.42. The Labute approximate surface area is 147 Å². The molecule has 0 radical (unpaired) electrons. The minimum absolute atomic E-state index is 0.0261. The predicted octanol–water partition coefficient (Wildman–Crippen LogP) is 2.75. The molecule has 128 valence electrons. The van der Waals surface area contributed by atoms with Crippen LogP contribution in [0.3, 0.4) is 0 Å². The molecule has 3 heterocycles. The number of pyridine rings is 1. The number of para-hydroxylation sites is 1. The quantitative estimate of drug-likeness (QED) is 0.621. The number of benzene rings is 1. The Morgan fingerprint density at radius 3 is 2.72 bits per heavy atom. The van der Waals surface area contributed by atoms with Gasteiger partial charge in [-0.3, -0.25) is 4.79 Å². The van der Waals surface area contributed by atoms with Gasteiger partial charge in [0.05, 0.1) is 12.7 Å². The van der Waals surface area contributed by atoms with E-state index < -0.39 is 0 Å². The number of likely N-dealkylation sites (tertiary alicyclic amines) is 1. The highest BCUT2D eigenvalue weighted by molar-refractivity contribution is 6.06. The predicted molar refractivity (Wildman–Crippen MR) is 96.9 cm³/mol. The molecule has 2 bridgehead atoms. The minimum Gasteiger partial charge on any atom is -0.496 e. The molecule has 2 aromatic rings. The van der Waals surface area contributed by atoms with E-state index in [1.807, 2.05) is 42.7 Å². The summed E-state index contributed by atoms with van der Waals surface area (Å²) >= 11 is 0. The average molecular weight is 335 g/mol. The maximum absolute atomic E-state index is 12.5. The number of nitrogens with zero attached hydrogens (tertiary/aromatic N) is 3. The van der Waals surface area contributed by atoms with E-state index in [1.165, 1.54) is 0 Å². The van der Waals surface area contributed by atoms with Gasteiger partial charge in [0.2, 0.25) is 0 Å². The van der Waals surface area contributed by atoms with Crippen molar-refractivity contribution in [3.05, 3.63) is 66.5 Å². The third kappa shape index (κ3) is 2.97. The van der Waals surface area contributed by atoms with Gasteiger partial charge in [0.25, 0.3) is 0 Å². The van der Waals surface area contributed by atoms with Crippen LogP contribution in [0.5, 0.6) is 5.75 Å². The third-order valence-electron chi connectivity index (χ3n) is 5.02. The number of aromatic nitrogens is 1. The summed E-state index contributed by atoms with van der Waals surface area (Å²) in [7, 11) is 1.58. The third-order valence-corrected chi connectivity index (χ3v) is 5.02. The van der Waals surface area contributed by atoms with Gasteiger partial charge in [-0.2, -0.15) is 0 Å². The second-order valence-electron chi connectivity index (χ2n) is 6.46. The van der Waals surface area contributed by atoms with Crippen molar-refractivity contribution in [1.82, 2.24) is 9.88 Å². The summed E-state index contributed by atoms with van der Waals surface area (Å²) in [6.45, 7) is 1.88. The molecule has 4 rings (SSSR count). The highest BCUT2D eigenvalue weighted by Gasteiger charge is 2.42. The largest absolute Gasteiger partial charge is 0.496 e. The van der Waals surface area contributed by atoms with Gasteiger partial charge in [-0.15, -0.1) is 0 Å². The van der Waals surface area contributed by atoms with Crippen molar-refractivity contribution in [1.29, 1.82) is 0 Å². The van der Waals surface area contributed by atoms with Crippen molar-refractivity contribution in [2.75, 3.05) is 25.1 Å². The molecule has 0 N–H and O–H groups in total. The number of anilines is 1. The second-order valence-corrected chi connectivity index (χ2v) is 6.46. The van der Waals surface area contributed by atoms with Crippen LogP contribution in [0.4, 0.5) is 5.82 Å². The Hall–Kier alpha value is -2.82. The van der Waals surface area contributed by atoms with Crippen molar-refractivity contribution in [2.24, 2.45) is 0 Å². The van der Waals surface area contributed by atoms with Gasteiger partial charge in [0, 0.05) is 43.6 Å². The molecule has 2 fully saturated rings. The SMILES string of the molecule is COc1ccccc1C(=O)/C=C/N1C[C@H]2C[C@@H]1CN2c1ccccn1. The molecule has 25 heavy (non-hydrogen) atoms. The lowest BCUT2D eigenvalue weighted by Crippen LogP contribution is -2.44. The zero-order valence-corrected chi connectivity index (χ0v) is 14.2. The van der Waals surface area contributed by atoms with Gasteiger partial charge in [-0.25, -0.2) is 4.98 Å². The van der Waals surface area contributed by atoms with Gasteiger partial charge in [-0.05, 0) is 30.7 Å². The molecule has 2 atom stereocenters. The second kappa shape index (κ2) is 6.59. The van der Waals surface area contributed by atoms with Crippen molar-refractivity contribution in [2.45, 2.75) is 18.5 Å². The van der Waals surface area contributed by atoms with E-state index in [9.17, 15) is 4.79 Å². The Bertz CT molecular complexity index is 791. The standard InChI is InChI=1S/C20H21N3O2/c1-25-19-7-3-2-6-17(19)18(24)9-11-22-13-16-12-15(22)14-23(16)20-8-4-5-10-21-20/h2-11,15-16H,12-14H2,1H3/b11-9+/t15-,16-/m1/s1. The molecular formula is C20H21N3O2. The Kier molecular flexibility index (Phi) is 4.14. The summed E-state index contributed by atoms with van der Waals surface area (Å²) in [5, 5.41) is 0. The number of carbonyl (C=O) groups excluding carboxylic acids is 1. The van der Waals surface area contributed by atoms with Crippen molar-refractivity contribution in [3.8, 4) is 5.75 Å². The van der Waals surface area contributed by atoms with E-state index >= 15 is 0 Å². The van der Waals surface area contributed by atoms with Gasteiger partial charge >= 0.3 is 0 Å². The smallest absolute Gasteiger partial charge is 0.191 e. The number of piperazine rings is 1. The first-order valence-electron chi connectivity index (χ1n) is 8.55. The van der Waals surface area contributed by atoms with Crippen molar-refractivity contribution in [3.63, 3.8) is 0 Å². The van der Waals surface area contributed by atoms with Crippen LogP contribution in [0, 0.1) is 0 Å². The fourth-order valence-electron chi connectivity index (χ4n) is 3.79. The number of hydrogen-bond donors (Lipinski definition) is 0. The van der Waals surface area contributed by atoms with Crippen molar-refractivity contribution >= 4 is 11.6 Å². The van der Waals surface area contributed by atoms with Crippen LogP contribution in [0.25, 0.3) is 0 Å². The molecule has 0 amide bonds. The molecule has 1 aromatic carbocycles. The maximum Gasteiger partial charge on any atom is 0.191 e. The van der Waals surface area contributed by atoms with Gasteiger partial charge < -0.3 is 14.5 Å². The fourth-order valence-corrected chi connectivity index (χ4v) is 3.79. The summed E-state index contributed by atoms with van der Waals surface area (Å²) in [5.74, 6) is 1.63. The molecule has 0 aliphatic carbocycles. The molecule has 5 heteroatoms. The maximum atomic E-state index is 12.5. The number of methoxy groups -OCH3 is 1. The number of allylic oxidation sites excluding steroid dienone is 1. The number of fused-ring (bicyclic) bond motifs is 2. The Morgan fingerprint density at radius 1 is 1.16 bits per heavy atom. The molecule has 2 aliphatic heterocycles. The fraction of sp³-hybridized carbons (Fsp3) is 0.300. The molecule has 2 saturated heterocycles. The molecule has 2 aliphatic rings. The molecule has 5 nitrogen and oxygen atoms in total.